The number of Topliss-reactive ketones (excluding diaryl/α,β-unsaturated/α-hetero) is 1. The largest absolute Gasteiger partial charge is 0.506 e. The number of rotatable bonds is 7. The van der Waals surface area contributed by atoms with Crippen LogP contribution < -0.4 is 4.90 Å². The van der Waals surface area contributed by atoms with Crippen LogP contribution in [0.3, 0.4) is 0 Å². The first kappa shape index (κ1) is 30.8. The van der Waals surface area contributed by atoms with Crippen molar-refractivity contribution < 1.29 is 32.4 Å². The van der Waals surface area contributed by atoms with Gasteiger partial charge in [0.2, 0.25) is 11.5 Å². The summed E-state index contributed by atoms with van der Waals surface area (Å²) in [5.74, 6) is -0.196. The number of aliphatic hydroxyl groups is 1. The number of nitrogens with zero attached hydrogens (tertiary/aromatic N) is 2. The number of aliphatic hydroxyl groups excluding tert-OH is 1. The Morgan fingerprint density at radius 2 is 1.72 bits per heavy atom. The van der Waals surface area contributed by atoms with Gasteiger partial charge < -0.3 is 14.7 Å². The molecule has 43 heavy (non-hydrogen) atoms. The summed E-state index contributed by atoms with van der Waals surface area (Å²) < 4.78 is 48.4. The molecule has 5 rings (SSSR count). The van der Waals surface area contributed by atoms with Crippen molar-refractivity contribution in [2.45, 2.75) is 65.5 Å². The third kappa shape index (κ3) is 5.03. The molecule has 2 aliphatic heterocycles. The van der Waals surface area contributed by atoms with E-state index in [1.54, 1.807) is 19.3 Å². The van der Waals surface area contributed by atoms with Crippen molar-refractivity contribution in [1.29, 1.82) is 0 Å². The zero-order chi connectivity index (χ0) is 31.6. The van der Waals surface area contributed by atoms with Crippen molar-refractivity contribution in [3.8, 4) is 0 Å². The number of anilines is 1. The third-order valence-electron chi connectivity index (χ3n) is 8.89. The quantitative estimate of drug-likeness (QED) is 0.264. The van der Waals surface area contributed by atoms with Crippen LogP contribution in [-0.2, 0) is 26.5 Å². The highest BCUT2D eigenvalue weighted by molar-refractivity contribution is 6.24. The predicted molar refractivity (Wildman–Crippen MR) is 163 cm³/mol. The molecule has 2 aromatic rings. The van der Waals surface area contributed by atoms with E-state index in [0.717, 1.165) is 28.6 Å². The van der Waals surface area contributed by atoms with Gasteiger partial charge in [0.15, 0.2) is 12.3 Å². The molecule has 0 saturated carbocycles. The number of aryl methyl sites for hydroxylation is 1. The van der Waals surface area contributed by atoms with Gasteiger partial charge in [-0.2, -0.15) is 17.7 Å². The molecule has 1 aliphatic carbocycles. The van der Waals surface area contributed by atoms with Crippen molar-refractivity contribution in [3.05, 3.63) is 93.4 Å². The molecule has 5 nitrogen and oxygen atoms in total. The van der Waals surface area contributed by atoms with Gasteiger partial charge in [0.1, 0.15) is 12.4 Å². The number of alkyl halides is 3. The van der Waals surface area contributed by atoms with Crippen LogP contribution in [0.4, 0.5) is 24.5 Å². The van der Waals surface area contributed by atoms with Gasteiger partial charge >= 0.3 is 6.18 Å². The lowest BCUT2D eigenvalue weighted by molar-refractivity contribution is -0.441. The number of ether oxygens (including phenoxy) is 1. The number of hydrogen-bond donors (Lipinski definition) is 1. The maximum Gasteiger partial charge on any atom is 0.416 e. The molecule has 2 heterocycles. The standard InChI is InChI=1S/C35H39F3N2O3/c1-20(2)19-40-28-12-10-22(35(36,37)38)16-26(28)34(6,7)30(40)18-24-31(41)23(32(24)42)17-29-33(4,5)25-15-21(3)9-11-27(25)39(29)13-14-43-8/h9-12,15-18,20H,13-14,19H2,1-8H3/p+1. The van der Waals surface area contributed by atoms with Crippen LogP contribution in [0.1, 0.15) is 63.8 Å². The summed E-state index contributed by atoms with van der Waals surface area (Å²) in [5, 5.41) is 11.3. The van der Waals surface area contributed by atoms with Gasteiger partial charge in [-0.1, -0.05) is 39.3 Å². The van der Waals surface area contributed by atoms with Gasteiger partial charge in [-0.05, 0) is 62.6 Å². The highest BCUT2D eigenvalue weighted by atomic mass is 19.4. The predicted octanol–water partition coefficient (Wildman–Crippen LogP) is 7.70. The number of halogens is 3. The molecule has 8 heteroatoms. The minimum atomic E-state index is -4.47. The van der Waals surface area contributed by atoms with Crippen LogP contribution in [0.25, 0.3) is 0 Å². The number of fused-ring (bicyclic) bond motifs is 2. The number of benzene rings is 2. The van der Waals surface area contributed by atoms with Gasteiger partial charge in [0.25, 0.3) is 0 Å². The molecule has 0 bridgehead atoms. The second-order valence-corrected chi connectivity index (χ2v) is 13.2. The second-order valence-electron chi connectivity index (χ2n) is 13.2. The van der Waals surface area contributed by atoms with E-state index in [0.29, 0.717) is 36.6 Å². The summed E-state index contributed by atoms with van der Waals surface area (Å²) in [4.78, 5) is 15.6. The van der Waals surface area contributed by atoms with Gasteiger partial charge in [-0.15, -0.1) is 0 Å². The maximum atomic E-state index is 13.7. The highest BCUT2D eigenvalue weighted by Crippen LogP contribution is 2.51. The molecule has 0 saturated heterocycles. The Bertz CT molecular complexity index is 1640. The zero-order valence-electron chi connectivity index (χ0n) is 26.1. The van der Waals surface area contributed by atoms with E-state index < -0.39 is 22.6 Å². The van der Waals surface area contributed by atoms with E-state index in [4.69, 9.17) is 4.74 Å². The van der Waals surface area contributed by atoms with Crippen molar-refractivity contribution in [2.75, 3.05) is 31.7 Å². The Morgan fingerprint density at radius 1 is 1.02 bits per heavy atom. The van der Waals surface area contributed by atoms with E-state index in [1.807, 2.05) is 39.5 Å². The molecular weight excluding hydrogens is 553 g/mol. The Morgan fingerprint density at radius 3 is 2.33 bits per heavy atom. The number of carbonyl (C=O) groups is 1. The average molecular weight is 594 g/mol. The van der Waals surface area contributed by atoms with Crippen molar-refractivity contribution in [1.82, 2.24) is 0 Å². The number of carbonyl (C=O) groups excluding carboxylic acids is 1. The summed E-state index contributed by atoms with van der Waals surface area (Å²) in [5.41, 5.74) is 4.57. The number of hydrogen-bond acceptors (Lipinski definition) is 4. The maximum absolute atomic E-state index is 13.7. The first-order chi connectivity index (χ1) is 20.0. The summed E-state index contributed by atoms with van der Waals surface area (Å²) in [7, 11) is 1.65. The molecule has 0 atom stereocenters. The van der Waals surface area contributed by atoms with E-state index >= 15 is 0 Å². The van der Waals surface area contributed by atoms with E-state index in [-0.39, 0.29) is 28.6 Å². The fraction of sp³-hybridized carbons (Fsp3) is 0.429. The molecule has 2 aromatic carbocycles. The smallest absolute Gasteiger partial charge is 0.416 e. The lowest BCUT2D eigenvalue weighted by Crippen LogP contribution is -2.33. The average Bonchev–Trinajstić information content (AvgIpc) is 3.25. The fourth-order valence-corrected chi connectivity index (χ4v) is 6.53. The third-order valence-corrected chi connectivity index (χ3v) is 8.89. The summed E-state index contributed by atoms with van der Waals surface area (Å²) in [6.07, 6.45) is -1.03. The summed E-state index contributed by atoms with van der Waals surface area (Å²) in [6, 6.07) is 10.1. The van der Waals surface area contributed by atoms with Crippen LogP contribution in [0.2, 0.25) is 0 Å². The molecule has 0 aromatic heterocycles. The summed E-state index contributed by atoms with van der Waals surface area (Å²) >= 11 is 0. The second kappa shape index (κ2) is 10.5. The van der Waals surface area contributed by atoms with Gasteiger partial charge in [0, 0.05) is 48.2 Å². The molecule has 0 radical (unpaired) electrons. The van der Waals surface area contributed by atoms with Gasteiger partial charge in [-0.25, -0.2) is 0 Å². The van der Waals surface area contributed by atoms with Gasteiger partial charge in [0.05, 0.1) is 22.1 Å². The molecule has 0 amide bonds. The Balaban J connectivity index is 1.60. The Hall–Kier alpha value is -3.65. The van der Waals surface area contributed by atoms with Gasteiger partial charge in [-0.3, -0.25) is 4.79 Å². The van der Waals surface area contributed by atoms with Crippen molar-refractivity contribution in [3.63, 3.8) is 0 Å². The minimum absolute atomic E-state index is 0.105. The van der Waals surface area contributed by atoms with Crippen molar-refractivity contribution in [2.24, 2.45) is 5.92 Å². The molecule has 0 spiro atoms. The van der Waals surface area contributed by atoms with Crippen LogP contribution in [0, 0.1) is 12.8 Å². The van der Waals surface area contributed by atoms with Crippen LogP contribution in [0.5, 0.6) is 0 Å². The first-order valence-electron chi connectivity index (χ1n) is 14.7. The summed E-state index contributed by atoms with van der Waals surface area (Å²) in [6.45, 7) is 15.7. The van der Waals surface area contributed by atoms with E-state index in [2.05, 4.69) is 36.6 Å². The van der Waals surface area contributed by atoms with E-state index in [9.17, 15) is 23.1 Å². The normalized spacial score (nSPS) is 20.9. The highest BCUT2D eigenvalue weighted by Gasteiger charge is 2.48. The molecule has 0 unspecified atom stereocenters. The Labute approximate surface area is 251 Å². The first-order valence-corrected chi connectivity index (χ1v) is 14.7. The fourth-order valence-electron chi connectivity index (χ4n) is 6.53. The van der Waals surface area contributed by atoms with Crippen molar-refractivity contribution >= 4 is 22.9 Å². The molecular formula is C35H40F3N2O3+. The SMILES string of the molecule is COCC[N+]1=C(/C=C2/C(=O)C(/C=C3\N(CC(C)C)c4ccc(C(F)(F)F)cc4C3(C)C)=C2O)C(C)(C)c2cc(C)ccc21. The molecule has 1 N–H and O–H groups in total. The number of methoxy groups -OCH3 is 1. The minimum Gasteiger partial charge on any atom is -0.506 e. The Kier molecular flexibility index (Phi) is 7.53. The zero-order valence-corrected chi connectivity index (χ0v) is 26.1. The molecule has 228 valence electrons. The lowest BCUT2D eigenvalue weighted by atomic mass is 9.77. The number of allylic oxidation sites excluding steroid dienone is 5. The lowest BCUT2D eigenvalue weighted by Gasteiger charge is -2.30. The monoisotopic (exact) mass is 593 g/mol. The van der Waals surface area contributed by atoms with E-state index in [1.165, 1.54) is 12.1 Å². The topological polar surface area (TPSA) is 52.8 Å². The molecule has 3 aliphatic rings. The molecule has 0 fully saturated rings. The van der Waals surface area contributed by atoms with Crippen LogP contribution >= 0.6 is 0 Å². The van der Waals surface area contributed by atoms with Crippen LogP contribution in [0.15, 0.2) is 71.2 Å². The number of ketones is 1. The van der Waals surface area contributed by atoms with Crippen LogP contribution in [-0.4, -0.2) is 48.0 Å².